The van der Waals surface area contributed by atoms with Gasteiger partial charge in [-0.05, 0) is 160 Å². The first-order valence-corrected chi connectivity index (χ1v) is 45.0. The predicted octanol–water partition coefficient (Wildman–Crippen LogP) is 17.0. The van der Waals surface area contributed by atoms with Gasteiger partial charge in [-0.25, -0.2) is 67.5 Å². The maximum atomic E-state index is 15.9. The van der Waals surface area contributed by atoms with Gasteiger partial charge in [-0.2, -0.15) is 26.3 Å². The third-order valence-electron chi connectivity index (χ3n) is 26.5. The number of rotatable bonds is 6. The van der Waals surface area contributed by atoms with Crippen LogP contribution in [0.2, 0.25) is 10.0 Å². The molecule has 27 nitrogen and oxygen atoms in total. The molecule has 9 heterocycles. The van der Waals surface area contributed by atoms with E-state index in [0.29, 0.717) is 87.1 Å². The standard InChI is InChI=1S/C31H38ClF2N4O5.C31H38F3N4O5.C30H36ClF2N4O5.3V/c2*1-6-19-22(16-39)38-15-23(19)42-26-24(35-20-11-10-18(32)13-21(20)36-26)31(33,34)12-8-7-9-17-14-30(17,5)43-28(41)37-25(27(38)40)29(2,3)4;1-5-18-21(15-38)37-14-23(18)41-26-24(34-19-10-9-17(31)13-20(19)35-26)30(32,33)11-7-6-8-16-12-22(16)42-28(40)36-25(27(37)39)29(2,3)4;;;/h2*10-11,13,17,19,22-23,25H,6-9,12,14-15H2,1-5H3,(H,37,41);9-10,13,16,18,21-23,25H,5-8,11-12,14H2,1-4H3,(H,36,40);;;/q3*-1;;;/t2*17-,19+,22-,23+,25-,30-;16-,18+,21-,22-,23+,25-;;;/m111.../s1. The van der Waals surface area contributed by atoms with Gasteiger partial charge in [0.05, 0.1) is 52.7 Å². The number of aromatic nitrogens is 6. The van der Waals surface area contributed by atoms with Crippen LogP contribution in [0.3, 0.4) is 0 Å². The average molecular weight is 1980 g/mol. The molecule has 6 bridgehead atoms. The topological polar surface area (TPSA) is 332 Å². The zero-order chi connectivity index (χ0) is 93.0. The predicted molar refractivity (Wildman–Crippen MR) is 457 cm³/mol. The van der Waals surface area contributed by atoms with Gasteiger partial charge in [0.25, 0.3) is 17.8 Å². The Morgan fingerprint density at radius 1 is 0.427 bits per heavy atom. The van der Waals surface area contributed by atoms with Crippen LogP contribution in [-0.2, 0) is 116 Å². The number of carbonyl (C=O) groups is 6. The van der Waals surface area contributed by atoms with Crippen LogP contribution in [0.1, 0.15) is 230 Å². The molecular weight excluding hydrogens is 1870 g/mol. The van der Waals surface area contributed by atoms with Crippen LogP contribution in [0.5, 0.6) is 17.6 Å². The molecule has 15 rings (SSSR count). The van der Waals surface area contributed by atoms with E-state index < -0.39 is 202 Å². The van der Waals surface area contributed by atoms with E-state index in [1.54, 1.807) is 88.3 Å². The fourth-order valence-electron chi connectivity index (χ4n) is 18.7. The van der Waals surface area contributed by atoms with E-state index in [9.17, 15) is 47.5 Å². The van der Waals surface area contributed by atoms with Crippen LogP contribution in [-0.4, -0.2) is 191 Å². The fourth-order valence-corrected chi connectivity index (χ4v) is 19.0. The van der Waals surface area contributed by atoms with Gasteiger partial charge in [0, 0.05) is 103 Å². The third-order valence-corrected chi connectivity index (χ3v) is 27.0. The summed E-state index contributed by atoms with van der Waals surface area (Å²) in [7, 11) is 0. The number of nitrogens with zero attached hydrogens (tertiary/aromatic N) is 9. The molecule has 0 unspecified atom stereocenters. The Labute approximate surface area is 803 Å². The summed E-state index contributed by atoms with van der Waals surface area (Å²) in [5, 5.41) is 8.92. The number of hydrogen-bond donors (Lipinski definition) is 3. The molecule has 6 amide bonds. The molecule has 6 fully saturated rings. The fraction of sp³-hybridized carbons (Fsp3) is 0.641. The van der Waals surface area contributed by atoms with Crippen molar-refractivity contribution in [3.63, 3.8) is 0 Å². The molecule has 3 aromatic heterocycles. The number of fused-ring (bicyclic) bond motifs is 15. The second kappa shape index (κ2) is 41.4. The molecule has 3 aromatic carbocycles. The third kappa shape index (κ3) is 23.6. The number of amides is 6. The SMILES string of the molecule is CC[C@@H]1[C@@H]2CN(C(=O)[C@H](C(C)(C)C)NC(=O)O[C@@H]3C[C@H]3CCCCC(F)(F)c3nc4ccc(Cl)cc4nc3O2)[C@@H]1[C-]=O.CC[C@@H]1[C@@H]2CN(C(=O)[C@H](C(C)(C)C)NC(=O)O[C@]3(C)C[C@H]3CCCCC(F)(F)c3nc4ccc(Cl)cc4nc3O2)[C@@H]1[C-]=O.CC[C@@H]1[C@@H]2CN(C(=O)[C@H](C(C)(C)C)NC(=O)O[C@]3(C)C[C@H]3CCCCC(F)(F)c3nc4ccc(F)cc4nc3O2)[C@@H]1[C-]=O.[V].[V].[V]. The molecule has 3 saturated heterocycles. The molecule has 3 aliphatic carbocycles. The number of alkyl halides is 6. The number of alkyl carbamates (subject to hydrolysis) is 3. The van der Waals surface area contributed by atoms with E-state index in [2.05, 4.69) is 45.9 Å². The van der Waals surface area contributed by atoms with E-state index in [0.717, 1.165) is 12.1 Å². The van der Waals surface area contributed by atoms with Gasteiger partial charge in [-0.1, -0.05) is 163 Å². The van der Waals surface area contributed by atoms with E-state index in [-0.39, 0.29) is 163 Å². The first-order chi connectivity index (χ1) is 60.1. The van der Waals surface area contributed by atoms with Crippen molar-refractivity contribution in [1.82, 2.24) is 60.6 Å². The summed E-state index contributed by atoms with van der Waals surface area (Å²) in [6, 6.07) is 6.50. The Hall–Kier alpha value is -7.85. The molecule has 131 heavy (non-hydrogen) atoms. The molecule has 3 saturated carbocycles. The second-order valence-corrected chi connectivity index (χ2v) is 40.1. The minimum Gasteiger partial charge on any atom is -0.540 e. The van der Waals surface area contributed by atoms with Crippen molar-refractivity contribution < 1.29 is 158 Å². The largest absolute Gasteiger partial charge is 0.540 e. The van der Waals surface area contributed by atoms with E-state index >= 15 is 26.3 Å². The molecule has 39 heteroatoms. The quantitative estimate of drug-likeness (QED) is 0.0792. The smallest absolute Gasteiger partial charge is 0.408 e. The molecule has 3 radical (unpaired) electrons. The Morgan fingerprint density at radius 2 is 0.740 bits per heavy atom. The number of ether oxygens (including phenoxy) is 6. The average Bonchev–Trinajstić information content (AvgIpc) is 1.71. The molecule has 0 spiro atoms. The summed E-state index contributed by atoms with van der Waals surface area (Å²) in [5.74, 6) is -15.1. The van der Waals surface area contributed by atoms with Crippen molar-refractivity contribution in [3.8, 4) is 17.6 Å². The molecule has 6 aromatic rings. The number of halogens is 9. The summed E-state index contributed by atoms with van der Waals surface area (Å²) >= 11 is 12.3. The van der Waals surface area contributed by atoms with Crippen molar-refractivity contribution in [2.75, 3.05) is 19.6 Å². The van der Waals surface area contributed by atoms with Crippen LogP contribution >= 0.6 is 23.2 Å². The first kappa shape index (κ1) is 105. The van der Waals surface area contributed by atoms with Crippen molar-refractivity contribution in [3.05, 3.63) is 87.5 Å². The van der Waals surface area contributed by atoms with Gasteiger partial charge in [-0.15, -0.1) is 0 Å². The monoisotopic (exact) mass is 1980 g/mol. The number of nitrogens with one attached hydrogen (secondary N) is 3. The summed E-state index contributed by atoms with van der Waals surface area (Å²) in [6.45, 7) is 24.8. The first-order valence-electron chi connectivity index (χ1n) is 44.2. The van der Waals surface area contributed by atoms with Crippen molar-refractivity contribution in [1.29, 1.82) is 0 Å². The molecular formula is C92H112Cl2F7N12O15V3-3. The van der Waals surface area contributed by atoms with Crippen LogP contribution in [0.25, 0.3) is 33.1 Å². The maximum Gasteiger partial charge on any atom is 0.408 e. The normalized spacial score (nSPS) is 30.4. The summed E-state index contributed by atoms with van der Waals surface area (Å²) in [4.78, 5) is 147. The maximum absolute atomic E-state index is 15.9. The Balaban J connectivity index is 0.000000202. The van der Waals surface area contributed by atoms with Gasteiger partial charge in [0.2, 0.25) is 35.4 Å². The zero-order valence-corrected chi connectivity index (χ0v) is 81.4. The van der Waals surface area contributed by atoms with Gasteiger partial charge in [-0.3, -0.25) is 14.4 Å². The number of benzene rings is 3. The molecule has 9 aliphatic rings. The van der Waals surface area contributed by atoms with Crippen molar-refractivity contribution >= 4 is 111 Å². The Kier molecular flexibility index (Phi) is 33.2. The van der Waals surface area contributed by atoms with Crippen LogP contribution in [0.4, 0.5) is 45.1 Å². The number of carbonyl (C=O) groups excluding carboxylic acids is 9. The van der Waals surface area contributed by atoms with Crippen LogP contribution in [0, 0.1) is 57.6 Å². The second-order valence-electron chi connectivity index (χ2n) is 39.2. The van der Waals surface area contributed by atoms with Crippen molar-refractivity contribution in [2.24, 2.45) is 51.8 Å². The molecule has 18 atom stereocenters. The van der Waals surface area contributed by atoms with Gasteiger partial charge in [0.1, 0.15) is 59.6 Å². The summed E-state index contributed by atoms with van der Waals surface area (Å²) in [6.07, 6.45) is 6.11. The van der Waals surface area contributed by atoms with E-state index in [1.807, 2.05) is 39.6 Å². The minimum absolute atomic E-state index is 0. The van der Waals surface area contributed by atoms with Gasteiger partial charge >= 0.3 is 18.3 Å². The van der Waals surface area contributed by atoms with Gasteiger partial charge < -0.3 is 73.5 Å². The zero-order valence-electron chi connectivity index (χ0n) is 75.7. The Morgan fingerprint density at radius 3 is 1.06 bits per heavy atom. The molecule has 6 aliphatic heterocycles. The van der Waals surface area contributed by atoms with Gasteiger partial charge in [0.15, 0.2) is 17.1 Å². The summed E-state index contributed by atoms with van der Waals surface area (Å²) in [5.41, 5.74) is -4.38. The summed E-state index contributed by atoms with van der Waals surface area (Å²) < 4.78 is 145. The number of hydrogen-bond acceptors (Lipinski definition) is 21. The minimum atomic E-state index is -3.43. The molecule has 3 N–H and O–H groups in total. The van der Waals surface area contributed by atoms with E-state index in [1.165, 1.54) is 45.0 Å². The van der Waals surface area contributed by atoms with Crippen LogP contribution < -0.4 is 30.2 Å². The Bertz CT molecular complexity index is 5010. The molecule has 711 valence electrons. The van der Waals surface area contributed by atoms with E-state index in [4.69, 9.17) is 51.6 Å². The van der Waals surface area contributed by atoms with Crippen LogP contribution in [0.15, 0.2) is 54.6 Å². The van der Waals surface area contributed by atoms with Crippen molar-refractivity contribution in [2.45, 2.75) is 302 Å².